The quantitative estimate of drug-likeness (QED) is 0.469. The van der Waals surface area contributed by atoms with Crippen LogP contribution in [0.15, 0.2) is 54.4 Å². The predicted octanol–water partition coefficient (Wildman–Crippen LogP) is 4.22. The molecule has 0 saturated carbocycles. The highest BCUT2D eigenvalue weighted by atomic mass is 16.6. The van der Waals surface area contributed by atoms with Gasteiger partial charge < -0.3 is 10.6 Å². The molecule has 0 aromatic heterocycles. The molecular formula is C20H24N4O4. The summed E-state index contributed by atoms with van der Waals surface area (Å²) in [6, 6.07) is 12.6. The normalized spacial score (nSPS) is 10.2. The number of rotatable bonds is 10. The van der Waals surface area contributed by atoms with E-state index in [9.17, 15) is 20.2 Å². The molecule has 2 N–H and O–H groups in total. The molecule has 0 radical (unpaired) electrons. The fourth-order valence-electron chi connectivity index (χ4n) is 2.69. The van der Waals surface area contributed by atoms with E-state index in [1.54, 1.807) is 24.3 Å². The number of non-ortho nitro benzene ring substituents is 2. The van der Waals surface area contributed by atoms with E-state index in [2.05, 4.69) is 24.5 Å². The molecule has 2 aromatic carbocycles. The van der Waals surface area contributed by atoms with Gasteiger partial charge in [0.05, 0.1) is 9.85 Å². The second-order valence-corrected chi connectivity index (χ2v) is 6.21. The maximum absolute atomic E-state index is 11.0. The molecule has 0 heterocycles. The average molecular weight is 384 g/mol. The maximum Gasteiger partial charge on any atom is 0.269 e. The number of nitro groups is 2. The third-order valence-electron chi connectivity index (χ3n) is 4.09. The molecule has 0 aliphatic rings. The standard InChI is InChI=1S/C20H24N4O4/c1-3-13-21-20(22-14-4-2)19(15-5-9-17(10-6-15)23(25)26)16-7-11-18(12-8-16)24(27)28/h5-12,21-22H,3-4,13-14H2,1-2H3. The highest BCUT2D eigenvalue weighted by molar-refractivity contribution is 5.82. The maximum atomic E-state index is 11.0. The summed E-state index contributed by atoms with van der Waals surface area (Å²) in [7, 11) is 0. The molecule has 0 atom stereocenters. The molecule has 0 spiro atoms. The third kappa shape index (κ3) is 5.29. The van der Waals surface area contributed by atoms with Crippen LogP contribution in [0.4, 0.5) is 11.4 Å². The van der Waals surface area contributed by atoms with Crippen molar-refractivity contribution in [2.75, 3.05) is 13.1 Å². The molecule has 0 aliphatic carbocycles. The molecule has 0 saturated heterocycles. The van der Waals surface area contributed by atoms with Crippen molar-refractivity contribution in [1.29, 1.82) is 0 Å². The highest BCUT2D eigenvalue weighted by Gasteiger charge is 2.15. The van der Waals surface area contributed by atoms with Gasteiger partial charge in [-0.3, -0.25) is 20.2 Å². The average Bonchev–Trinajstić information content (AvgIpc) is 2.70. The number of hydrogen-bond acceptors (Lipinski definition) is 6. The number of nitro benzene ring substituents is 2. The zero-order valence-electron chi connectivity index (χ0n) is 16.0. The van der Waals surface area contributed by atoms with Crippen molar-refractivity contribution in [3.8, 4) is 0 Å². The molecule has 0 fully saturated rings. The Hall–Kier alpha value is -3.42. The summed E-state index contributed by atoms with van der Waals surface area (Å²) < 4.78 is 0. The largest absolute Gasteiger partial charge is 0.371 e. The van der Waals surface area contributed by atoms with Gasteiger partial charge in [-0.25, -0.2) is 0 Å². The van der Waals surface area contributed by atoms with Crippen molar-refractivity contribution >= 4 is 16.9 Å². The topological polar surface area (TPSA) is 110 Å². The van der Waals surface area contributed by atoms with Crippen LogP contribution in [0.2, 0.25) is 0 Å². The van der Waals surface area contributed by atoms with Crippen LogP contribution in [0, 0.1) is 20.2 Å². The first-order chi connectivity index (χ1) is 13.5. The van der Waals surface area contributed by atoms with Gasteiger partial charge in [-0.2, -0.15) is 0 Å². The van der Waals surface area contributed by atoms with E-state index >= 15 is 0 Å². The summed E-state index contributed by atoms with van der Waals surface area (Å²) in [6.07, 6.45) is 1.84. The summed E-state index contributed by atoms with van der Waals surface area (Å²) in [4.78, 5) is 21.1. The Bertz CT molecular complexity index is 776. The first kappa shape index (κ1) is 20.9. The van der Waals surface area contributed by atoms with Gasteiger partial charge in [-0.15, -0.1) is 0 Å². The van der Waals surface area contributed by atoms with Crippen LogP contribution < -0.4 is 10.6 Å². The Balaban J connectivity index is 2.58. The minimum atomic E-state index is -0.440. The van der Waals surface area contributed by atoms with Crippen molar-refractivity contribution < 1.29 is 9.85 Å². The number of hydrogen-bond donors (Lipinski definition) is 2. The summed E-state index contributed by atoms with van der Waals surface area (Å²) in [5.41, 5.74) is 2.39. The molecule has 0 amide bonds. The SMILES string of the molecule is CCCNC(NCCC)=C(c1ccc([N+](=O)[O-])cc1)c1ccc([N+](=O)[O-])cc1. The van der Waals surface area contributed by atoms with Crippen LogP contribution in [-0.2, 0) is 0 Å². The molecule has 0 aliphatic heterocycles. The molecule has 0 bridgehead atoms. The Kier molecular flexibility index (Phi) is 7.50. The Morgan fingerprint density at radius 3 is 1.39 bits per heavy atom. The predicted molar refractivity (Wildman–Crippen MR) is 109 cm³/mol. The van der Waals surface area contributed by atoms with Crippen LogP contribution in [0.25, 0.3) is 5.57 Å². The second-order valence-electron chi connectivity index (χ2n) is 6.21. The van der Waals surface area contributed by atoms with E-state index in [1.807, 2.05) is 0 Å². The van der Waals surface area contributed by atoms with Crippen LogP contribution in [0.3, 0.4) is 0 Å². The van der Waals surface area contributed by atoms with Crippen molar-refractivity contribution in [3.63, 3.8) is 0 Å². The molecule has 8 heteroatoms. The minimum Gasteiger partial charge on any atom is -0.371 e. The molecule has 2 rings (SSSR count). The van der Waals surface area contributed by atoms with E-state index in [0.29, 0.717) is 0 Å². The van der Waals surface area contributed by atoms with Gasteiger partial charge in [-0.1, -0.05) is 13.8 Å². The minimum absolute atomic E-state index is 0.0105. The van der Waals surface area contributed by atoms with Crippen LogP contribution in [0.1, 0.15) is 37.8 Å². The summed E-state index contributed by atoms with van der Waals surface area (Å²) in [6.45, 7) is 5.61. The lowest BCUT2D eigenvalue weighted by molar-refractivity contribution is -0.385. The number of benzene rings is 2. The summed E-state index contributed by atoms with van der Waals surface area (Å²) in [5.74, 6) is 0.798. The van der Waals surface area contributed by atoms with Crippen LogP contribution in [0.5, 0.6) is 0 Å². The smallest absolute Gasteiger partial charge is 0.269 e. The number of nitrogens with zero attached hydrogens (tertiary/aromatic N) is 2. The number of nitrogens with one attached hydrogen (secondary N) is 2. The summed E-state index contributed by atoms with van der Waals surface area (Å²) in [5, 5.41) is 28.7. The lowest BCUT2D eigenvalue weighted by Crippen LogP contribution is -2.29. The van der Waals surface area contributed by atoms with Gasteiger partial charge in [0.15, 0.2) is 0 Å². The van der Waals surface area contributed by atoms with Gasteiger partial charge in [0.25, 0.3) is 11.4 Å². The van der Waals surface area contributed by atoms with Gasteiger partial charge in [0, 0.05) is 42.9 Å². The Morgan fingerprint density at radius 1 is 0.750 bits per heavy atom. The summed E-state index contributed by atoms with van der Waals surface area (Å²) >= 11 is 0. The molecule has 148 valence electrons. The van der Waals surface area contributed by atoms with Gasteiger partial charge >= 0.3 is 0 Å². The first-order valence-corrected chi connectivity index (χ1v) is 9.19. The lowest BCUT2D eigenvalue weighted by Gasteiger charge is -2.19. The van der Waals surface area contributed by atoms with Crippen molar-refractivity contribution in [3.05, 3.63) is 85.7 Å². The lowest BCUT2D eigenvalue weighted by atomic mass is 9.97. The second kappa shape index (κ2) is 10.1. The molecule has 8 nitrogen and oxygen atoms in total. The van der Waals surface area contributed by atoms with Crippen molar-refractivity contribution in [2.45, 2.75) is 26.7 Å². The Labute approximate surface area is 163 Å². The zero-order chi connectivity index (χ0) is 20.5. The molecule has 2 aromatic rings. The zero-order valence-corrected chi connectivity index (χ0v) is 16.0. The van der Waals surface area contributed by atoms with Crippen molar-refractivity contribution in [2.24, 2.45) is 0 Å². The van der Waals surface area contributed by atoms with E-state index in [0.717, 1.165) is 48.5 Å². The van der Waals surface area contributed by atoms with E-state index in [-0.39, 0.29) is 11.4 Å². The molecule has 0 unspecified atom stereocenters. The van der Waals surface area contributed by atoms with E-state index < -0.39 is 9.85 Å². The van der Waals surface area contributed by atoms with E-state index in [4.69, 9.17) is 0 Å². The van der Waals surface area contributed by atoms with E-state index in [1.165, 1.54) is 24.3 Å². The molecule has 28 heavy (non-hydrogen) atoms. The van der Waals surface area contributed by atoms with Gasteiger partial charge in [0.1, 0.15) is 5.82 Å². The molecular weight excluding hydrogens is 360 g/mol. The monoisotopic (exact) mass is 384 g/mol. The third-order valence-corrected chi connectivity index (χ3v) is 4.09. The first-order valence-electron chi connectivity index (χ1n) is 9.19. The fraction of sp³-hybridized carbons (Fsp3) is 0.300. The fourth-order valence-corrected chi connectivity index (χ4v) is 2.69. The van der Waals surface area contributed by atoms with Gasteiger partial charge in [-0.05, 0) is 48.2 Å². The Morgan fingerprint density at radius 2 is 1.11 bits per heavy atom. The van der Waals surface area contributed by atoms with Crippen molar-refractivity contribution in [1.82, 2.24) is 10.6 Å². The van der Waals surface area contributed by atoms with Crippen LogP contribution in [-0.4, -0.2) is 22.9 Å². The van der Waals surface area contributed by atoms with Gasteiger partial charge in [0.2, 0.25) is 0 Å². The van der Waals surface area contributed by atoms with Crippen LogP contribution >= 0.6 is 0 Å². The highest BCUT2D eigenvalue weighted by Crippen LogP contribution is 2.28.